The number of carbonyl (C=O) groups is 1. The van der Waals surface area contributed by atoms with E-state index >= 15 is 0 Å². The van der Waals surface area contributed by atoms with E-state index in [1.54, 1.807) is 0 Å². The number of hydrogen-bond acceptors (Lipinski definition) is 5. The van der Waals surface area contributed by atoms with Crippen LogP contribution in [0.1, 0.15) is 18.7 Å². The van der Waals surface area contributed by atoms with Gasteiger partial charge in [0.1, 0.15) is 17.2 Å². The molecule has 0 bridgehead atoms. The molecule has 1 unspecified atom stereocenters. The van der Waals surface area contributed by atoms with E-state index in [0.29, 0.717) is 19.6 Å². The fraction of sp³-hybridized carbons (Fsp3) is 0.400. The van der Waals surface area contributed by atoms with Gasteiger partial charge in [0.25, 0.3) is 5.89 Å². The summed E-state index contributed by atoms with van der Waals surface area (Å²) in [5.74, 6) is -1.60. The largest absolute Gasteiger partial charge is 0.381 e. The number of amides is 1. The van der Waals surface area contributed by atoms with Crippen molar-refractivity contribution in [2.24, 2.45) is 5.92 Å². The number of hydrogen-bond donors (Lipinski definition) is 1. The molecule has 3 rings (SSSR count). The molecule has 122 valence electrons. The monoisotopic (exact) mass is 323 g/mol. The van der Waals surface area contributed by atoms with Gasteiger partial charge in [-0.1, -0.05) is 11.2 Å². The third-order valence-corrected chi connectivity index (χ3v) is 3.59. The Bertz CT molecular complexity index is 679. The van der Waals surface area contributed by atoms with Crippen LogP contribution in [0.25, 0.3) is 11.5 Å². The Morgan fingerprint density at radius 1 is 1.35 bits per heavy atom. The number of carbonyl (C=O) groups excluding carboxylic acids is 1. The van der Waals surface area contributed by atoms with E-state index in [4.69, 9.17) is 9.26 Å². The second kappa shape index (κ2) is 6.82. The van der Waals surface area contributed by atoms with Crippen LogP contribution >= 0.6 is 0 Å². The van der Waals surface area contributed by atoms with Crippen molar-refractivity contribution in [2.45, 2.75) is 19.4 Å². The van der Waals surface area contributed by atoms with E-state index < -0.39 is 11.6 Å². The summed E-state index contributed by atoms with van der Waals surface area (Å²) in [5, 5.41) is 6.27. The molecule has 0 aliphatic carbocycles. The SMILES string of the molecule is O=C(CC1CCOC1)NCc1noc(-c2c(F)cccc2F)n1. The maximum absolute atomic E-state index is 13.6. The molecule has 0 saturated carbocycles. The standard InChI is InChI=1S/C15H15F2N3O3/c16-10-2-1-3-11(17)14(10)15-19-12(20-23-15)7-18-13(21)6-9-4-5-22-8-9/h1-3,9H,4-8H2,(H,18,21). The highest BCUT2D eigenvalue weighted by Crippen LogP contribution is 2.24. The van der Waals surface area contributed by atoms with Gasteiger partial charge in [0.2, 0.25) is 5.91 Å². The minimum atomic E-state index is -0.787. The van der Waals surface area contributed by atoms with Crippen molar-refractivity contribution in [3.05, 3.63) is 35.7 Å². The van der Waals surface area contributed by atoms with Gasteiger partial charge in [0.15, 0.2) is 5.82 Å². The zero-order valence-corrected chi connectivity index (χ0v) is 12.2. The number of rotatable bonds is 5. The molecule has 1 saturated heterocycles. The molecule has 2 aromatic rings. The molecule has 1 aromatic carbocycles. The molecule has 1 atom stereocenters. The lowest BCUT2D eigenvalue weighted by atomic mass is 10.1. The number of ether oxygens (including phenoxy) is 1. The van der Waals surface area contributed by atoms with E-state index in [2.05, 4.69) is 15.5 Å². The number of halogens is 2. The highest BCUT2D eigenvalue weighted by Gasteiger charge is 2.20. The first kappa shape index (κ1) is 15.5. The third-order valence-electron chi connectivity index (χ3n) is 3.59. The summed E-state index contributed by atoms with van der Waals surface area (Å²) in [5.41, 5.74) is -0.374. The summed E-state index contributed by atoms with van der Waals surface area (Å²) in [4.78, 5) is 15.7. The van der Waals surface area contributed by atoms with Gasteiger partial charge < -0.3 is 14.6 Å². The number of nitrogens with one attached hydrogen (secondary N) is 1. The van der Waals surface area contributed by atoms with E-state index in [-0.39, 0.29) is 35.6 Å². The Labute approximate surface area is 130 Å². The first-order valence-corrected chi connectivity index (χ1v) is 7.25. The predicted octanol–water partition coefficient (Wildman–Crippen LogP) is 2.06. The van der Waals surface area contributed by atoms with Gasteiger partial charge in [-0.3, -0.25) is 4.79 Å². The smallest absolute Gasteiger partial charge is 0.263 e. The van der Waals surface area contributed by atoms with Crippen molar-refractivity contribution in [2.75, 3.05) is 13.2 Å². The van der Waals surface area contributed by atoms with Gasteiger partial charge in [-0.05, 0) is 24.5 Å². The lowest BCUT2D eigenvalue weighted by Crippen LogP contribution is -2.25. The molecule has 1 aromatic heterocycles. The number of benzene rings is 1. The average Bonchev–Trinajstić information content (AvgIpc) is 3.17. The van der Waals surface area contributed by atoms with Crippen LogP contribution in [0.4, 0.5) is 8.78 Å². The van der Waals surface area contributed by atoms with Crippen molar-refractivity contribution >= 4 is 5.91 Å². The minimum absolute atomic E-state index is 0.0337. The molecule has 1 N–H and O–H groups in total. The highest BCUT2D eigenvalue weighted by molar-refractivity contribution is 5.76. The van der Waals surface area contributed by atoms with E-state index in [9.17, 15) is 13.6 Å². The Morgan fingerprint density at radius 3 is 2.83 bits per heavy atom. The molecule has 23 heavy (non-hydrogen) atoms. The summed E-state index contributed by atoms with van der Waals surface area (Å²) >= 11 is 0. The van der Waals surface area contributed by atoms with Crippen LogP contribution in [0.3, 0.4) is 0 Å². The summed E-state index contributed by atoms with van der Waals surface area (Å²) in [6, 6.07) is 3.46. The van der Waals surface area contributed by atoms with Crippen molar-refractivity contribution < 1.29 is 22.8 Å². The number of aromatic nitrogens is 2. The summed E-state index contributed by atoms with van der Waals surface area (Å²) in [6.07, 6.45) is 1.24. The Hall–Kier alpha value is -2.35. The molecule has 1 aliphatic rings. The van der Waals surface area contributed by atoms with Gasteiger partial charge in [-0.15, -0.1) is 0 Å². The Balaban J connectivity index is 1.60. The van der Waals surface area contributed by atoms with Crippen LogP contribution in [0, 0.1) is 17.6 Å². The first-order chi connectivity index (χ1) is 11.1. The van der Waals surface area contributed by atoms with Crippen LogP contribution in [-0.4, -0.2) is 29.3 Å². The van der Waals surface area contributed by atoms with E-state index in [1.807, 2.05) is 0 Å². The topological polar surface area (TPSA) is 77.2 Å². The van der Waals surface area contributed by atoms with Crippen molar-refractivity contribution in [3.63, 3.8) is 0 Å². The average molecular weight is 323 g/mol. The molecular formula is C15H15F2N3O3. The van der Waals surface area contributed by atoms with Gasteiger partial charge in [0.05, 0.1) is 6.54 Å². The van der Waals surface area contributed by atoms with Crippen LogP contribution in [0.2, 0.25) is 0 Å². The third kappa shape index (κ3) is 3.70. The first-order valence-electron chi connectivity index (χ1n) is 7.25. The molecule has 1 amide bonds. The van der Waals surface area contributed by atoms with Gasteiger partial charge >= 0.3 is 0 Å². The molecule has 6 nitrogen and oxygen atoms in total. The van der Waals surface area contributed by atoms with Gasteiger partial charge in [-0.25, -0.2) is 8.78 Å². The lowest BCUT2D eigenvalue weighted by molar-refractivity contribution is -0.122. The summed E-state index contributed by atoms with van der Waals surface area (Å²) < 4.78 is 37.3. The molecular weight excluding hydrogens is 308 g/mol. The molecule has 1 aliphatic heterocycles. The molecule has 1 fully saturated rings. The molecule has 8 heteroatoms. The lowest BCUT2D eigenvalue weighted by Gasteiger charge is -2.06. The molecule has 0 radical (unpaired) electrons. The fourth-order valence-electron chi connectivity index (χ4n) is 2.39. The van der Waals surface area contributed by atoms with Crippen LogP contribution in [0.5, 0.6) is 0 Å². The second-order valence-electron chi connectivity index (χ2n) is 5.32. The molecule has 0 spiro atoms. The number of nitrogens with zero attached hydrogens (tertiary/aromatic N) is 2. The second-order valence-corrected chi connectivity index (χ2v) is 5.32. The minimum Gasteiger partial charge on any atom is -0.381 e. The normalized spacial score (nSPS) is 17.4. The van der Waals surface area contributed by atoms with Gasteiger partial charge in [-0.2, -0.15) is 4.98 Å². The van der Waals surface area contributed by atoms with Crippen LogP contribution in [0.15, 0.2) is 22.7 Å². The van der Waals surface area contributed by atoms with Gasteiger partial charge in [0, 0.05) is 19.6 Å². The zero-order chi connectivity index (χ0) is 16.2. The van der Waals surface area contributed by atoms with E-state index in [0.717, 1.165) is 18.6 Å². The predicted molar refractivity (Wildman–Crippen MR) is 75.0 cm³/mol. The highest BCUT2D eigenvalue weighted by atomic mass is 19.1. The zero-order valence-electron chi connectivity index (χ0n) is 12.2. The van der Waals surface area contributed by atoms with Crippen molar-refractivity contribution in [1.29, 1.82) is 0 Å². The summed E-state index contributed by atoms with van der Waals surface area (Å²) in [7, 11) is 0. The maximum atomic E-state index is 13.6. The fourth-order valence-corrected chi connectivity index (χ4v) is 2.39. The quantitative estimate of drug-likeness (QED) is 0.911. The van der Waals surface area contributed by atoms with Crippen molar-refractivity contribution in [3.8, 4) is 11.5 Å². The maximum Gasteiger partial charge on any atom is 0.263 e. The Morgan fingerprint density at radius 2 is 2.13 bits per heavy atom. The van der Waals surface area contributed by atoms with Crippen LogP contribution in [-0.2, 0) is 16.1 Å². The van der Waals surface area contributed by atoms with Crippen molar-refractivity contribution in [1.82, 2.24) is 15.5 Å². The van der Waals surface area contributed by atoms with Crippen LogP contribution < -0.4 is 5.32 Å². The molecule has 2 heterocycles. The Kier molecular flexibility index (Phi) is 4.61. The summed E-state index contributed by atoms with van der Waals surface area (Å²) in [6.45, 7) is 1.30. The van der Waals surface area contributed by atoms with E-state index in [1.165, 1.54) is 6.07 Å².